The second kappa shape index (κ2) is 5.93. The number of aryl methyl sites for hydroxylation is 2. The molecule has 0 aromatic carbocycles. The number of hydrogen-bond acceptors (Lipinski definition) is 5. The maximum absolute atomic E-state index is 12.4. The summed E-state index contributed by atoms with van der Waals surface area (Å²) in [6, 6.07) is 0. The molecule has 0 aliphatic carbocycles. The van der Waals surface area contributed by atoms with Gasteiger partial charge in [-0.2, -0.15) is 0 Å². The first kappa shape index (κ1) is 14.2. The van der Waals surface area contributed by atoms with Gasteiger partial charge < -0.3 is 9.47 Å². The van der Waals surface area contributed by atoms with Crippen molar-refractivity contribution >= 4 is 17.2 Å². The first-order chi connectivity index (χ1) is 10.2. The third kappa shape index (κ3) is 2.83. The molecule has 6 nitrogen and oxygen atoms in total. The summed E-state index contributed by atoms with van der Waals surface area (Å²) in [5.41, 5.74) is 0. The van der Waals surface area contributed by atoms with Gasteiger partial charge in [-0.15, -0.1) is 21.5 Å². The molecule has 1 aliphatic heterocycles. The zero-order valence-corrected chi connectivity index (χ0v) is 13.1. The van der Waals surface area contributed by atoms with E-state index in [-0.39, 0.29) is 5.91 Å². The minimum Gasteiger partial charge on any atom is -0.338 e. The zero-order valence-electron chi connectivity index (χ0n) is 12.3. The monoisotopic (exact) mass is 305 g/mol. The van der Waals surface area contributed by atoms with Crippen LogP contribution in [-0.4, -0.2) is 43.6 Å². The molecule has 0 N–H and O–H groups in total. The molecule has 2 aromatic heterocycles. The topological polar surface area (TPSA) is 63.9 Å². The van der Waals surface area contributed by atoms with Crippen LogP contribution in [-0.2, 0) is 6.54 Å². The van der Waals surface area contributed by atoms with E-state index in [9.17, 15) is 4.79 Å². The van der Waals surface area contributed by atoms with Crippen LogP contribution in [0.15, 0.2) is 12.5 Å². The molecule has 1 fully saturated rings. The second-order valence-corrected chi connectivity index (χ2v) is 6.52. The van der Waals surface area contributed by atoms with Crippen LogP contribution in [0.5, 0.6) is 0 Å². The number of nitrogens with zero attached hydrogens (tertiary/aromatic N) is 5. The normalized spacial score (nSPS) is 16.4. The van der Waals surface area contributed by atoms with E-state index in [2.05, 4.69) is 26.7 Å². The summed E-state index contributed by atoms with van der Waals surface area (Å²) in [4.78, 5) is 19.2. The fourth-order valence-corrected chi connectivity index (χ4v) is 3.53. The summed E-state index contributed by atoms with van der Waals surface area (Å²) < 4.78 is 2.09. The lowest BCUT2D eigenvalue weighted by atomic mass is 9.96. The molecule has 3 heterocycles. The summed E-state index contributed by atoms with van der Waals surface area (Å²) in [7, 11) is 0. The lowest BCUT2D eigenvalue weighted by molar-refractivity contribution is 0.0715. The molecule has 0 spiro atoms. The summed E-state index contributed by atoms with van der Waals surface area (Å²) in [6.07, 6.45) is 5.36. The fourth-order valence-electron chi connectivity index (χ4n) is 2.78. The van der Waals surface area contributed by atoms with Crippen molar-refractivity contribution in [1.29, 1.82) is 0 Å². The van der Waals surface area contributed by atoms with E-state index in [4.69, 9.17) is 0 Å². The lowest BCUT2D eigenvalue weighted by Gasteiger charge is -2.31. The highest BCUT2D eigenvalue weighted by Gasteiger charge is 2.27. The standard InChI is InChI=1S/C14H19N5OS/c1-3-18-9-16-17-13(18)11-4-6-19(7-5-11)14(20)12-8-15-10(2)21-12/h8-9,11H,3-7H2,1-2H3. The van der Waals surface area contributed by atoms with Gasteiger partial charge in [-0.3, -0.25) is 4.79 Å². The van der Waals surface area contributed by atoms with Crippen LogP contribution in [0.4, 0.5) is 0 Å². The first-order valence-electron chi connectivity index (χ1n) is 7.28. The lowest BCUT2D eigenvalue weighted by Crippen LogP contribution is -2.38. The van der Waals surface area contributed by atoms with E-state index in [0.29, 0.717) is 5.92 Å². The fraction of sp³-hybridized carbons (Fsp3) is 0.571. The van der Waals surface area contributed by atoms with Gasteiger partial charge in [0.1, 0.15) is 17.0 Å². The molecule has 21 heavy (non-hydrogen) atoms. The summed E-state index contributed by atoms with van der Waals surface area (Å²) in [6.45, 7) is 6.46. The molecule has 0 radical (unpaired) electrons. The molecule has 0 saturated carbocycles. The third-order valence-corrected chi connectivity index (χ3v) is 4.87. The minimum atomic E-state index is 0.107. The summed E-state index contributed by atoms with van der Waals surface area (Å²) in [5, 5.41) is 9.18. The van der Waals surface area contributed by atoms with Crippen molar-refractivity contribution < 1.29 is 4.79 Å². The molecule has 1 aliphatic rings. The molecule has 112 valence electrons. The number of carbonyl (C=O) groups excluding carboxylic acids is 1. The Hall–Kier alpha value is -1.76. The van der Waals surface area contributed by atoms with Crippen LogP contribution in [0.2, 0.25) is 0 Å². The smallest absolute Gasteiger partial charge is 0.265 e. The van der Waals surface area contributed by atoms with Crippen LogP contribution in [0, 0.1) is 6.92 Å². The number of amides is 1. The minimum absolute atomic E-state index is 0.107. The highest BCUT2D eigenvalue weighted by atomic mass is 32.1. The van der Waals surface area contributed by atoms with Crippen LogP contribution in [0.1, 0.15) is 46.2 Å². The van der Waals surface area contributed by atoms with Crippen molar-refractivity contribution in [3.8, 4) is 0 Å². The van der Waals surface area contributed by atoms with Gasteiger partial charge >= 0.3 is 0 Å². The summed E-state index contributed by atoms with van der Waals surface area (Å²) >= 11 is 1.47. The van der Waals surface area contributed by atoms with Gasteiger partial charge in [0.05, 0.1) is 11.2 Å². The molecule has 3 rings (SSSR count). The van der Waals surface area contributed by atoms with Crippen LogP contribution in [0.25, 0.3) is 0 Å². The molecule has 7 heteroatoms. The van der Waals surface area contributed by atoms with Crippen molar-refractivity contribution in [2.45, 2.75) is 39.2 Å². The van der Waals surface area contributed by atoms with Crippen molar-refractivity contribution in [2.75, 3.05) is 13.1 Å². The largest absolute Gasteiger partial charge is 0.338 e. The number of hydrogen-bond donors (Lipinski definition) is 0. The third-order valence-electron chi connectivity index (χ3n) is 3.97. The maximum atomic E-state index is 12.4. The van der Waals surface area contributed by atoms with Gasteiger partial charge in [-0.1, -0.05) is 0 Å². The molecular formula is C14H19N5OS. The van der Waals surface area contributed by atoms with Crippen molar-refractivity contribution in [1.82, 2.24) is 24.6 Å². The zero-order chi connectivity index (χ0) is 14.8. The van der Waals surface area contributed by atoms with Gasteiger partial charge in [0.2, 0.25) is 0 Å². The van der Waals surface area contributed by atoms with E-state index in [0.717, 1.165) is 48.2 Å². The Morgan fingerprint density at radius 2 is 2.19 bits per heavy atom. The average molecular weight is 305 g/mol. The van der Waals surface area contributed by atoms with Crippen LogP contribution < -0.4 is 0 Å². The molecule has 1 saturated heterocycles. The second-order valence-electron chi connectivity index (χ2n) is 5.29. The number of thiazole rings is 1. The molecule has 2 aromatic rings. The van der Waals surface area contributed by atoms with Crippen molar-refractivity contribution in [3.05, 3.63) is 28.2 Å². The highest BCUT2D eigenvalue weighted by molar-refractivity contribution is 7.13. The predicted molar refractivity (Wildman–Crippen MR) is 80.4 cm³/mol. The number of piperidine rings is 1. The summed E-state index contributed by atoms with van der Waals surface area (Å²) in [5.74, 6) is 1.56. The Morgan fingerprint density at radius 3 is 2.81 bits per heavy atom. The Labute approximate surface area is 127 Å². The molecule has 1 amide bonds. The van der Waals surface area contributed by atoms with Crippen LogP contribution >= 0.6 is 11.3 Å². The molecule has 0 unspecified atom stereocenters. The Kier molecular flexibility index (Phi) is 4.01. The first-order valence-corrected chi connectivity index (χ1v) is 8.10. The SMILES string of the molecule is CCn1cnnc1C1CCN(C(=O)c2cnc(C)s2)CC1. The number of rotatable bonds is 3. The van der Waals surface area contributed by atoms with Gasteiger partial charge in [-0.25, -0.2) is 4.98 Å². The molecule has 0 bridgehead atoms. The van der Waals surface area contributed by atoms with E-state index in [1.54, 1.807) is 12.5 Å². The van der Waals surface area contributed by atoms with E-state index in [1.807, 2.05) is 11.8 Å². The average Bonchev–Trinajstić information content (AvgIpc) is 3.15. The van der Waals surface area contributed by atoms with E-state index < -0.39 is 0 Å². The van der Waals surface area contributed by atoms with Gasteiger partial charge in [0.25, 0.3) is 5.91 Å². The van der Waals surface area contributed by atoms with Crippen LogP contribution in [0.3, 0.4) is 0 Å². The molecule has 0 atom stereocenters. The maximum Gasteiger partial charge on any atom is 0.265 e. The van der Waals surface area contributed by atoms with Gasteiger partial charge in [0.15, 0.2) is 0 Å². The van der Waals surface area contributed by atoms with Gasteiger partial charge in [-0.05, 0) is 26.7 Å². The van der Waals surface area contributed by atoms with Gasteiger partial charge in [0, 0.05) is 25.6 Å². The van der Waals surface area contributed by atoms with E-state index >= 15 is 0 Å². The quantitative estimate of drug-likeness (QED) is 0.871. The predicted octanol–water partition coefficient (Wildman–Crippen LogP) is 2.08. The van der Waals surface area contributed by atoms with Crippen molar-refractivity contribution in [3.63, 3.8) is 0 Å². The Bertz CT molecular complexity index is 627. The van der Waals surface area contributed by atoms with Crippen molar-refractivity contribution in [2.24, 2.45) is 0 Å². The number of aromatic nitrogens is 4. The molecular weight excluding hydrogens is 286 g/mol. The number of likely N-dealkylation sites (tertiary alicyclic amines) is 1. The Morgan fingerprint density at radius 1 is 1.43 bits per heavy atom. The Balaban J connectivity index is 1.64. The highest BCUT2D eigenvalue weighted by Crippen LogP contribution is 2.27. The number of carbonyl (C=O) groups is 1. The van der Waals surface area contributed by atoms with E-state index in [1.165, 1.54) is 11.3 Å².